The zero-order valence-corrected chi connectivity index (χ0v) is 11.4. The van der Waals surface area contributed by atoms with Gasteiger partial charge in [0.05, 0.1) is 13.2 Å². The Morgan fingerprint density at radius 3 is 2.83 bits per heavy atom. The lowest BCUT2D eigenvalue weighted by atomic mass is 10.2. The fourth-order valence-corrected chi connectivity index (χ4v) is 1.71. The van der Waals surface area contributed by atoms with Gasteiger partial charge in [-0.15, -0.1) is 0 Å². The van der Waals surface area contributed by atoms with E-state index in [-0.39, 0.29) is 5.97 Å². The summed E-state index contributed by atoms with van der Waals surface area (Å²) in [5, 5.41) is 0.676. The molecule has 0 unspecified atom stereocenters. The van der Waals surface area contributed by atoms with Gasteiger partial charge in [-0.3, -0.25) is 4.79 Å². The summed E-state index contributed by atoms with van der Waals surface area (Å²) >= 11 is 5.84. The molecule has 100 valence electrons. The van der Waals surface area contributed by atoms with Gasteiger partial charge in [0.2, 0.25) is 0 Å². The average molecular weight is 271 g/mol. The zero-order chi connectivity index (χ0) is 13.2. The second-order valence-electron chi connectivity index (χ2n) is 3.92. The van der Waals surface area contributed by atoms with Crippen LogP contribution in [0.3, 0.4) is 0 Å². The first kappa shape index (κ1) is 14.8. The Morgan fingerprint density at radius 1 is 1.28 bits per heavy atom. The highest BCUT2D eigenvalue weighted by Gasteiger charge is 2.01. The number of carbonyl (C=O) groups excluding carboxylic acids is 1. The Kier molecular flexibility index (Phi) is 7.26. The summed E-state index contributed by atoms with van der Waals surface area (Å²) in [6, 6.07) is 7.34. The maximum absolute atomic E-state index is 11.1. The molecule has 0 amide bonds. The third-order valence-corrected chi connectivity index (χ3v) is 2.63. The summed E-state index contributed by atoms with van der Waals surface area (Å²) in [6.07, 6.45) is 3.22. The molecule has 0 radical (unpaired) electrons. The van der Waals surface area contributed by atoms with Gasteiger partial charge in [-0.2, -0.15) is 0 Å². The Bertz CT molecular complexity index is 366. The summed E-state index contributed by atoms with van der Waals surface area (Å²) < 4.78 is 10.4. The van der Waals surface area contributed by atoms with Crippen molar-refractivity contribution in [1.29, 1.82) is 0 Å². The van der Waals surface area contributed by atoms with E-state index < -0.39 is 0 Å². The molecule has 0 spiro atoms. The van der Waals surface area contributed by atoms with Crippen molar-refractivity contribution >= 4 is 17.6 Å². The Morgan fingerprint density at radius 2 is 2.11 bits per heavy atom. The summed E-state index contributed by atoms with van der Waals surface area (Å²) in [5.41, 5.74) is 0. The molecule has 0 aliphatic rings. The van der Waals surface area contributed by atoms with Crippen LogP contribution in [-0.2, 0) is 9.53 Å². The summed E-state index contributed by atoms with van der Waals surface area (Å²) in [6.45, 7) is 2.91. The predicted molar refractivity (Wildman–Crippen MR) is 72.0 cm³/mol. The molecular formula is C14H19ClO3. The van der Waals surface area contributed by atoms with Gasteiger partial charge >= 0.3 is 5.97 Å². The monoisotopic (exact) mass is 270 g/mol. The van der Waals surface area contributed by atoms with E-state index in [1.807, 2.05) is 25.1 Å². The number of unbranched alkanes of at least 4 members (excludes halogenated alkanes) is 2. The van der Waals surface area contributed by atoms with Gasteiger partial charge in [0.15, 0.2) is 0 Å². The van der Waals surface area contributed by atoms with Crippen LogP contribution in [0.4, 0.5) is 0 Å². The summed E-state index contributed by atoms with van der Waals surface area (Å²) in [7, 11) is 0. The molecule has 0 bridgehead atoms. The minimum atomic E-state index is -0.117. The molecule has 0 aliphatic carbocycles. The minimum absolute atomic E-state index is 0.117. The molecule has 0 N–H and O–H groups in total. The van der Waals surface area contributed by atoms with E-state index in [4.69, 9.17) is 21.1 Å². The molecular weight excluding hydrogens is 252 g/mol. The SMILES string of the molecule is CCOC(=O)CCCCCOc1cccc(Cl)c1. The lowest BCUT2D eigenvalue weighted by molar-refractivity contribution is -0.143. The molecule has 0 saturated carbocycles. The van der Waals surface area contributed by atoms with Crippen LogP contribution in [0.15, 0.2) is 24.3 Å². The van der Waals surface area contributed by atoms with Crippen molar-refractivity contribution in [2.24, 2.45) is 0 Å². The maximum atomic E-state index is 11.1. The molecule has 4 heteroatoms. The van der Waals surface area contributed by atoms with Crippen LogP contribution < -0.4 is 4.74 Å². The van der Waals surface area contributed by atoms with E-state index in [1.54, 1.807) is 6.07 Å². The van der Waals surface area contributed by atoms with Crippen LogP contribution in [-0.4, -0.2) is 19.2 Å². The number of ether oxygens (including phenoxy) is 2. The Balaban J connectivity index is 2.04. The lowest BCUT2D eigenvalue weighted by Crippen LogP contribution is -2.04. The van der Waals surface area contributed by atoms with E-state index in [0.717, 1.165) is 25.0 Å². The molecule has 0 saturated heterocycles. The van der Waals surface area contributed by atoms with Crippen molar-refractivity contribution in [3.05, 3.63) is 29.3 Å². The van der Waals surface area contributed by atoms with Crippen LogP contribution in [0.2, 0.25) is 5.02 Å². The van der Waals surface area contributed by atoms with E-state index in [9.17, 15) is 4.79 Å². The standard InChI is InChI=1S/C14H19ClO3/c1-2-17-14(16)9-4-3-5-10-18-13-8-6-7-12(15)11-13/h6-8,11H,2-5,9-10H2,1H3. The Hall–Kier alpha value is -1.22. The lowest BCUT2D eigenvalue weighted by Gasteiger charge is -2.06. The first-order chi connectivity index (χ1) is 8.72. The third kappa shape index (κ3) is 6.50. The molecule has 0 fully saturated rings. The van der Waals surface area contributed by atoms with Gasteiger partial charge in [-0.25, -0.2) is 0 Å². The normalized spacial score (nSPS) is 10.1. The van der Waals surface area contributed by atoms with E-state index in [1.165, 1.54) is 0 Å². The minimum Gasteiger partial charge on any atom is -0.494 e. The Labute approximate surface area is 113 Å². The molecule has 0 atom stereocenters. The van der Waals surface area contributed by atoms with Crippen molar-refractivity contribution in [2.75, 3.05) is 13.2 Å². The topological polar surface area (TPSA) is 35.5 Å². The van der Waals surface area contributed by atoms with Crippen molar-refractivity contribution in [2.45, 2.75) is 32.6 Å². The number of carbonyl (C=O) groups is 1. The number of halogens is 1. The van der Waals surface area contributed by atoms with Crippen molar-refractivity contribution in [1.82, 2.24) is 0 Å². The highest BCUT2D eigenvalue weighted by atomic mass is 35.5. The number of rotatable bonds is 8. The molecule has 1 aromatic carbocycles. The zero-order valence-electron chi connectivity index (χ0n) is 10.7. The average Bonchev–Trinajstić information content (AvgIpc) is 2.34. The number of esters is 1. The van der Waals surface area contributed by atoms with Crippen LogP contribution in [0, 0.1) is 0 Å². The molecule has 0 heterocycles. The van der Waals surface area contributed by atoms with Gasteiger partial charge in [-0.1, -0.05) is 17.7 Å². The number of hydrogen-bond donors (Lipinski definition) is 0. The quantitative estimate of drug-likeness (QED) is 0.532. The largest absolute Gasteiger partial charge is 0.494 e. The molecule has 18 heavy (non-hydrogen) atoms. The van der Waals surface area contributed by atoms with Crippen LogP contribution >= 0.6 is 11.6 Å². The number of benzene rings is 1. The molecule has 3 nitrogen and oxygen atoms in total. The van der Waals surface area contributed by atoms with E-state index in [0.29, 0.717) is 24.7 Å². The molecule has 0 aromatic heterocycles. The second-order valence-corrected chi connectivity index (χ2v) is 4.36. The molecule has 0 aliphatic heterocycles. The molecule has 1 aromatic rings. The fraction of sp³-hybridized carbons (Fsp3) is 0.500. The van der Waals surface area contributed by atoms with E-state index >= 15 is 0 Å². The van der Waals surface area contributed by atoms with Gasteiger partial charge < -0.3 is 9.47 Å². The summed E-state index contributed by atoms with van der Waals surface area (Å²) in [4.78, 5) is 11.1. The van der Waals surface area contributed by atoms with Crippen molar-refractivity contribution in [3.63, 3.8) is 0 Å². The van der Waals surface area contributed by atoms with Crippen LogP contribution in [0.25, 0.3) is 0 Å². The highest BCUT2D eigenvalue weighted by molar-refractivity contribution is 6.30. The van der Waals surface area contributed by atoms with Crippen LogP contribution in [0.1, 0.15) is 32.6 Å². The molecule has 1 rings (SSSR count). The van der Waals surface area contributed by atoms with Gasteiger partial charge in [0.1, 0.15) is 5.75 Å². The highest BCUT2D eigenvalue weighted by Crippen LogP contribution is 2.17. The van der Waals surface area contributed by atoms with Gasteiger partial charge in [-0.05, 0) is 44.4 Å². The second kappa shape index (κ2) is 8.81. The van der Waals surface area contributed by atoms with Gasteiger partial charge in [0, 0.05) is 11.4 Å². The van der Waals surface area contributed by atoms with Crippen LogP contribution in [0.5, 0.6) is 5.75 Å². The third-order valence-electron chi connectivity index (χ3n) is 2.40. The predicted octanol–water partition coefficient (Wildman–Crippen LogP) is 3.84. The smallest absolute Gasteiger partial charge is 0.305 e. The maximum Gasteiger partial charge on any atom is 0.305 e. The summed E-state index contributed by atoms with van der Waals surface area (Å²) in [5.74, 6) is 0.668. The number of hydrogen-bond acceptors (Lipinski definition) is 3. The van der Waals surface area contributed by atoms with Crippen molar-refractivity contribution < 1.29 is 14.3 Å². The van der Waals surface area contributed by atoms with Crippen molar-refractivity contribution in [3.8, 4) is 5.75 Å². The fourth-order valence-electron chi connectivity index (χ4n) is 1.53. The van der Waals surface area contributed by atoms with E-state index in [2.05, 4.69) is 0 Å². The van der Waals surface area contributed by atoms with Gasteiger partial charge in [0.25, 0.3) is 0 Å². The first-order valence-corrected chi connectivity index (χ1v) is 6.64. The first-order valence-electron chi connectivity index (χ1n) is 6.26.